The number of hydrogen-bond donors (Lipinski definition) is 1. The smallest absolute Gasteiger partial charge is 0.305 e. The first kappa shape index (κ1) is 19.4. The minimum atomic E-state index is -0.0911. The molecule has 0 saturated carbocycles. The Labute approximate surface area is 125 Å². The Kier molecular flexibility index (Phi) is 14.4. The van der Waals surface area contributed by atoms with Crippen molar-refractivity contribution in [3.63, 3.8) is 0 Å². The van der Waals surface area contributed by atoms with Gasteiger partial charge in [-0.2, -0.15) is 0 Å². The predicted octanol–water partition coefficient (Wildman–Crippen LogP) is 4.61. The van der Waals surface area contributed by atoms with E-state index in [1.165, 1.54) is 45.6 Å². The highest BCUT2D eigenvalue weighted by Gasteiger charge is 2.02. The molecular formula is C17H34O3. The van der Waals surface area contributed by atoms with E-state index in [-0.39, 0.29) is 12.1 Å². The number of unbranched alkanes of at least 4 members (excludes halogenated alkanes) is 8. The molecule has 0 heterocycles. The second-order valence-corrected chi connectivity index (χ2v) is 5.74. The number of methoxy groups -OCH3 is 1. The predicted molar refractivity (Wildman–Crippen MR) is 83.7 cm³/mol. The van der Waals surface area contributed by atoms with Gasteiger partial charge in [-0.05, 0) is 19.3 Å². The summed E-state index contributed by atoms with van der Waals surface area (Å²) < 4.78 is 4.61. The third-order valence-corrected chi connectivity index (χ3v) is 3.79. The normalized spacial score (nSPS) is 12.3. The number of rotatable bonds is 14. The zero-order chi connectivity index (χ0) is 15.1. The van der Waals surface area contributed by atoms with Crippen LogP contribution in [-0.4, -0.2) is 24.3 Å². The van der Waals surface area contributed by atoms with Gasteiger partial charge in [0.1, 0.15) is 0 Å². The molecule has 0 aliphatic rings. The summed E-state index contributed by atoms with van der Waals surface area (Å²) in [6, 6.07) is 0. The number of ether oxygens (including phenoxy) is 1. The molecule has 0 rings (SSSR count). The summed E-state index contributed by atoms with van der Waals surface area (Å²) in [7, 11) is 1.45. The molecule has 0 aromatic heterocycles. The summed E-state index contributed by atoms with van der Waals surface area (Å²) in [4.78, 5) is 10.9. The molecule has 0 aromatic carbocycles. The Balaban J connectivity index is 3.11. The van der Waals surface area contributed by atoms with Gasteiger partial charge in [0.05, 0.1) is 13.2 Å². The molecule has 1 unspecified atom stereocenters. The lowest BCUT2D eigenvalue weighted by atomic mass is 10.0. The topological polar surface area (TPSA) is 46.5 Å². The average molecular weight is 286 g/mol. The van der Waals surface area contributed by atoms with Crippen LogP contribution in [0.25, 0.3) is 0 Å². The molecule has 0 spiro atoms. The second-order valence-electron chi connectivity index (χ2n) is 5.74. The second kappa shape index (κ2) is 14.8. The summed E-state index contributed by atoms with van der Waals surface area (Å²) in [5.74, 6) is -0.0911. The summed E-state index contributed by atoms with van der Waals surface area (Å²) in [5.41, 5.74) is 0. The lowest BCUT2D eigenvalue weighted by Gasteiger charge is -2.09. The molecule has 20 heavy (non-hydrogen) atoms. The van der Waals surface area contributed by atoms with Crippen molar-refractivity contribution in [2.24, 2.45) is 0 Å². The summed E-state index contributed by atoms with van der Waals surface area (Å²) >= 11 is 0. The molecule has 0 bridgehead atoms. The van der Waals surface area contributed by atoms with Crippen molar-refractivity contribution >= 4 is 5.97 Å². The molecule has 0 fully saturated rings. The fourth-order valence-corrected chi connectivity index (χ4v) is 2.40. The van der Waals surface area contributed by atoms with Crippen molar-refractivity contribution in [2.75, 3.05) is 7.11 Å². The van der Waals surface area contributed by atoms with E-state index in [0.717, 1.165) is 38.5 Å². The number of hydrogen-bond acceptors (Lipinski definition) is 3. The van der Waals surface area contributed by atoms with Crippen LogP contribution in [0.3, 0.4) is 0 Å². The van der Waals surface area contributed by atoms with Gasteiger partial charge in [0.25, 0.3) is 0 Å². The fourth-order valence-electron chi connectivity index (χ4n) is 2.40. The Morgan fingerprint density at radius 3 is 1.95 bits per heavy atom. The van der Waals surface area contributed by atoms with Crippen LogP contribution in [0.5, 0.6) is 0 Å². The van der Waals surface area contributed by atoms with E-state index in [1.54, 1.807) is 0 Å². The summed E-state index contributed by atoms with van der Waals surface area (Å²) in [6.45, 7) is 2.16. The van der Waals surface area contributed by atoms with Gasteiger partial charge in [0, 0.05) is 6.42 Å². The van der Waals surface area contributed by atoms with Gasteiger partial charge in [-0.15, -0.1) is 0 Å². The molecule has 1 N–H and O–H groups in total. The van der Waals surface area contributed by atoms with Crippen LogP contribution < -0.4 is 0 Å². The minimum Gasteiger partial charge on any atom is -0.469 e. The molecule has 0 radical (unpaired) electrons. The molecule has 0 aliphatic carbocycles. The van der Waals surface area contributed by atoms with Gasteiger partial charge < -0.3 is 9.84 Å². The highest BCUT2D eigenvalue weighted by molar-refractivity contribution is 5.68. The summed E-state index contributed by atoms with van der Waals surface area (Å²) in [5, 5.41) is 9.71. The van der Waals surface area contributed by atoms with Crippen molar-refractivity contribution in [3.05, 3.63) is 0 Å². The number of carbonyl (C=O) groups excluding carboxylic acids is 1. The Morgan fingerprint density at radius 2 is 1.40 bits per heavy atom. The maximum Gasteiger partial charge on any atom is 0.305 e. The standard InChI is InChI=1S/C17H34O3/c1-3-4-13-16(18)14-11-9-7-5-6-8-10-12-15-17(19)20-2/h16,18H,3-15H2,1-2H3. The quantitative estimate of drug-likeness (QED) is 0.374. The van der Waals surface area contributed by atoms with Crippen LogP contribution in [0, 0.1) is 0 Å². The Morgan fingerprint density at radius 1 is 0.900 bits per heavy atom. The number of aliphatic hydroxyl groups excluding tert-OH is 1. The lowest BCUT2D eigenvalue weighted by Crippen LogP contribution is -2.05. The van der Waals surface area contributed by atoms with E-state index in [1.807, 2.05) is 0 Å². The largest absolute Gasteiger partial charge is 0.469 e. The van der Waals surface area contributed by atoms with Crippen LogP contribution in [0.4, 0.5) is 0 Å². The lowest BCUT2D eigenvalue weighted by molar-refractivity contribution is -0.140. The highest BCUT2D eigenvalue weighted by atomic mass is 16.5. The van der Waals surface area contributed by atoms with Crippen LogP contribution >= 0.6 is 0 Å². The zero-order valence-electron chi connectivity index (χ0n) is 13.5. The molecule has 120 valence electrons. The van der Waals surface area contributed by atoms with Gasteiger partial charge in [0.2, 0.25) is 0 Å². The first-order valence-corrected chi connectivity index (χ1v) is 8.45. The molecule has 0 saturated heterocycles. The van der Waals surface area contributed by atoms with E-state index in [9.17, 15) is 9.90 Å². The van der Waals surface area contributed by atoms with E-state index in [2.05, 4.69) is 11.7 Å². The Bertz CT molecular complexity index is 216. The van der Waals surface area contributed by atoms with Gasteiger partial charge in [-0.25, -0.2) is 0 Å². The molecule has 0 aromatic rings. The monoisotopic (exact) mass is 286 g/mol. The van der Waals surface area contributed by atoms with E-state index in [4.69, 9.17) is 0 Å². The molecular weight excluding hydrogens is 252 g/mol. The maximum absolute atomic E-state index is 10.9. The highest BCUT2D eigenvalue weighted by Crippen LogP contribution is 2.13. The molecule has 0 aliphatic heterocycles. The van der Waals surface area contributed by atoms with E-state index < -0.39 is 0 Å². The zero-order valence-corrected chi connectivity index (χ0v) is 13.5. The first-order chi connectivity index (χ1) is 9.70. The van der Waals surface area contributed by atoms with Crippen molar-refractivity contribution in [1.82, 2.24) is 0 Å². The Hall–Kier alpha value is -0.570. The van der Waals surface area contributed by atoms with Crippen LogP contribution in [-0.2, 0) is 9.53 Å². The van der Waals surface area contributed by atoms with Gasteiger partial charge in [-0.3, -0.25) is 4.79 Å². The maximum atomic E-state index is 10.9. The molecule has 1 atom stereocenters. The van der Waals surface area contributed by atoms with Crippen molar-refractivity contribution in [1.29, 1.82) is 0 Å². The number of carbonyl (C=O) groups is 1. The van der Waals surface area contributed by atoms with Crippen molar-refractivity contribution in [3.8, 4) is 0 Å². The van der Waals surface area contributed by atoms with Crippen LogP contribution in [0.2, 0.25) is 0 Å². The number of esters is 1. The van der Waals surface area contributed by atoms with Gasteiger partial charge >= 0.3 is 5.97 Å². The average Bonchev–Trinajstić information content (AvgIpc) is 2.46. The molecule has 0 amide bonds. The first-order valence-electron chi connectivity index (χ1n) is 8.45. The van der Waals surface area contributed by atoms with Gasteiger partial charge in [0.15, 0.2) is 0 Å². The van der Waals surface area contributed by atoms with Crippen molar-refractivity contribution < 1.29 is 14.6 Å². The molecule has 3 nitrogen and oxygen atoms in total. The molecule has 3 heteroatoms. The van der Waals surface area contributed by atoms with E-state index >= 15 is 0 Å². The third kappa shape index (κ3) is 13.9. The third-order valence-electron chi connectivity index (χ3n) is 3.79. The van der Waals surface area contributed by atoms with Crippen LogP contribution in [0.15, 0.2) is 0 Å². The van der Waals surface area contributed by atoms with Crippen LogP contribution in [0.1, 0.15) is 90.4 Å². The van der Waals surface area contributed by atoms with Crippen molar-refractivity contribution in [2.45, 2.75) is 96.5 Å². The fraction of sp³-hybridized carbons (Fsp3) is 0.941. The SMILES string of the molecule is CCCCC(O)CCCCCCCCCCC(=O)OC. The van der Waals surface area contributed by atoms with E-state index in [0.29, 0.717) is 6.42 Å². The number of aliphatic hydroxyl groups is 1. The minimum absolute atomic E-state index is 0.0757. The summed E-state index contributed by atoms with van der Waals surface area (Å²) in [6.07, 6.45) is 14.3. The van der Waals surface area contributed by atoms with Gasteiger partial charge in [-0.1, -0.05) is 64.7 Å².